The maximum absolute atomic E-state index is 13.6. The summed E-state index contributed by atoms with van der Waals surface area (Å²) in [5.41, 5.74) is 0.373. The predicted molar refractivity (Wildman–Crippen MR) is 92.2 cm³/mol. The summed E-state index contributed by atoms with van der Waals surface area (Å²) in [4.78, 5) is 13.8. The van der Waals surface area contributed by atoms with Crippen LogP contribution in [0.5, 0.6) is 5.75 Å². The van der Waals surface area contributed by atoms with Crippen LogP contribution in [0.25, 0.3) is 11.3 Å². The molecule has 0 radical (unpaired) electrons. The zero-order valence-electron chi connectivity index (χ0n) is 14.7. The summed E-state index contributed by atoms with van der Waals surface area (Å²) < 4.78 is 29.1. The molecule has 8 heteroatoms. The van der Waals surface area contributed by atoms with E-state index >= 15 is 0 Å². The molecule has 1 aromatic heterocycles. The van der Waals surface area contributed by atoms with E-state index in [0.29, 0.717) is 37.0 Å². The molecule has 1 aliphatic rings. The Morgan fingerprint density at radius 1 is 1.38 bits per heavy atom. The minimum Gasteiger partial charge on any atom is -0.494 e. The molecular formula is C18H21FN2O5. The summed E-state index contributed by atoms with van der Waals surface area (Å²) in [6.07, 6.45) is 1.78. The molecule has 1 N–H and O–H groups in total. The molecule has 1 aliphatic heterocycles. The quantitative estimate of drug-likeness (QED) is 0.843. The Balaban J connectivity index is 1.91. The number of aromatic nitrogens is 1. The number of anilines is 1. The van der Waals surface area contributed by atoms with Crippen LogP contribution in [0, 0.1) is 11.7 Å². The molecule has 0 spiro atoms. The number of benzene rings is 1. The van der Waals surface area contributed by atoms with Gasteiger partial charge in [-0.05, 0) is 37.0 Å². The monoisotopic (exact) mass is 364 g/mol. The SMILES string of the molecule is COCC1CCN(c2noc(-c3ccc(F)c(OC)c3)c2C(=O)O)CC1. The van der Waals surface area contributed by atoms with Gasteiger partial charge in [0, 0.05) is 32.4 Å². The second kappa shape index (κ2) is 7.74. The van der Waals surface area contributed by atoms with Gasteiger partial charge in [-0.15, -0.1) is 0 Å². The molecule has 0 saturated carbocycles. The van der Waals surface area contributed by atoms with Gasteiger partial charge in [0.1, 0.15) is 0 Å². The van der Waals surface area contributed by atoms with E-state index in [4.69, 9.17) is 14.0 Å². The van der Waals surface area contributed by atoms with E-state index in [1.807, 2.05) is 4.90 Å². The van der Waals surface area contributed by atoms with Crippen LogP contribution in [-0.4, -0.2) is 50.1 Å². The van der Waals surface area contributed by atoms with Crippen LogP contribution >= 0.6 is 0 Å². The van der Waals surface area contributed by atoms with Crippen molar-refractivity contribution in [3.8, 4) is 17.1 Å². The van der Waals surface area contributed by atoms with Gasteiger partial charge in [0.15, 0.2) is 28.7 Å². The van der Waals surface area contributed by atoms with Crippen molar-refractivity contribution in [1.29, 1.82) is 0 Å². The molecule has 2 heterocycles. The molecule has 7 nitrogen and oxygen atoms in total. The van der Waals surface area contributed by atoms with Crippen LogP contribution in [0.1, 0.15) is 23.2 Å². The van der Waals surface area contributed by atoms with Gasteiger partial charge in [-0.3, -0.25) is 0 Å². The van der Waals surface area contributed by atoms with E-state index in [-0.39, 0.29) is 17.1 Å². The zero-order chi connectivity index (χ0) is 18.7. The molecule has 3 rings (SSSR count). The van der Waals surface area contributed by atoms with Crippen molar-refractivity contribution in [1.82, 2.24) is 5.16 Å². The second-order valence-corrected chi connectivity index (χ2v) is 6.25. The summed E-state index contributed by atoms with van der Waals surface area (Å²) in [6, 6.07) is 4.05. The first-order valence-electron chi connectivity index (χ1n) is 8.36. The average molecular weight is 364 g/mol. The van der Waals surface area contributed by atoms with Crippen LogP contribution in [-0.2, 0) is 4.74 Å². The van der Waals surface area contributed by atoms with Gasteiger partial charge in [-0.1, -0.05) is 5.16 Å². The molecule has 140 valence electrons. The number of hydrogen-bond donors (Lipinski definition) is 1. The number of halogens is 1. The first-order chi connectivity index (χ1) is 12.5. The number of nitrogens with zero attached hydrogens (tertiary/aromatic N) is 2. The van der Waals surface area contributed by atoms with Crippen molar-refractivity contribution in [2.75, 3.05) is 38.8 Å². The van der Waals surface area contributed by atoms with E-state index in [0.717, 1.165) is 12.8 Å². The number of hydrogen-bond acceptors (Lipinski definition) is 6. The van der Waals surface area contributed by atoms with Crippen molar-refractivity contribution in [2.24, 2.45) is 5.92 Å². The molecule has 2 aromatic rings. The van der Waals surface area contributed by atoms with E-state index in [9.17, 15) is 14.3 Å². The normalized spacial score (nSPS) is 15.3. The summed E-state index contributed by atoms with van der Waals surface area (Å²) in [7, 11) is 3.02. The van der Waals surface area contributed by atoms with E-state index < -0.39 is 11.8 Å². The number of carbonyl (C=O) groups is 1. The predicted octanol–water partition coefficient (Wildman–Crippen LogP) is 3.05. The van der Waals surface area contributed by atoms with E-state index in [2.05, 4.69) is 5.16 Å². The largest absolute Gasteiger partial charge is 0.494 e. The lowest BCUT2D eigenvalue weighted by Gasteiger charge is -2.31. The minimum absolute atomic E-state index is 0.0113. The fraction of sp³-hybridized carbons (Fsp3) is 0.444. The summed E-state index contributed by atoms with van der Waals surface area (Å²) in [5.74, 6) is -0.822. The summed E-state index contributed by atoms with van der Waals surface area (Å²) >= 11 is 0. The Morgan fingerprint density at radius 2 is 2.12 bits per heavy atom. The number of carboxylic acids is 1. The maximum atomic E-state index is 13.6. The Hall–Kier alpha value is -2.61. The van der Waals surface area contributed by atoms with Gasteiger partial charge in [-0.2, -0.15) is 0 Å². The molecule has 0 bridgehead atoms. The third kappa shape index (κ3) is 3.50. The van der Waals surface area contributed by atoms with Crippen LogP contribution < -0.4 is 9.64 Å². The molecular weight excluding hydrogens is 343 g/mol. The topological polar surface area (TPSA) is 85.0 Å². The fourth-order valence-corrected chi connectivity index (χ4v) is 3.24. The Labute approximate surface area is 150 Å². The van der Waals surface area contributed by atoms with Crippen molar-refractivity contribution < 1.29 is 28.3 Å². The molecule has 0 atom stereocenters. The standard InChI is InChI=1S/C18H21FN2O5/c1-24-10-11-5-7-21(8-6-11)17-15(18(22)23)16(26-20-17)12-3-4-13(19)14(9-12)25-2/h3-4,9,11H,5-8,10H2,1-2H3,(H,22,23). The minimum atomic E-state index is -1.14. The Kier molecular flexibility index (Phi) is 5.41. The third-order valence-electron chi connectivity index (χ3n) is 4.62. The zero-order valence-corrected chi connectivity index (χ0v) is 14.7. The molecule has 1 fully saturated rings. The van der Waals surface area contributed by atoms with Gasteiger partial charge in [-0.25, -0.2) is 9.18 Å². The van der Waals surface area contributed by atoms with E-state index in [1.54, 1.807) is 7.11 Å². The molecule has 1 saturated heterocycles. The Bertz CT molecular complexity index is 784. The number of aromatic carboxylic acids is 1. The highest BCUT2D eigenvalue weighted by Gasteiger charge is 2.30. The fourth-order valence-electron chi connectivity index (χ4n) is 3.24. The van der Waals surface area contributed by atoms with Crippen molar-refractivity contribution in [3.05, 3.63) is 29.6 Å². The van der Waals surface area contributed by atoms with Crippen molar-refractivity contribution >= 4 is 11.8 Å². The Morgan fingerprint density at radius 3 is 2.73 bits per heavy atom. The first kappa shape index (κ1) is 18.2. The lowest BCUT2D eigenvalue weighted by molar-refractivity contribution is 0.0697. The second-order valence-electron chi connectivity index (χ2n) is 6.25. The summed E-state index contributed by atoms with van der Waals surface area (Å²) in [6.45, 7) is 2.04. The number of carboxylic acid groups (broad SMARTS) is 1. The van der Waals surface area contributed by atoms with Crippen molar-refractivity contribution in [3.63, 3.8) is 0 Å². The van der Waals surface area contributed by atoms with Crippen LogP contribution in [0.3, 0.4) is 0 Å². The van der Waals surface area contributed by atoms with Crippen LogP contribution in [0.15, 0.2) is 22.7 Å². The highest BCUT2D eigenvalue weighted by atomic mass is 19.1. The smallest absolute Gasteiger partial charge is 0.343 e. The average Bonchev–Trinajstić information content (AvgIpc) is 3.08. The summed E-state index contributed by atoms with van der Waals surface area (Å²) in [5, 5.41) is 13.7. The van der Waals surface area contributed by atoms with E-state index in [1.165, 1.54) is 25.3 Å². The molecule has 1 aromatic carbocycles. The molecule has 0 amide bonds. The maximum Gasteiger partial charge on any atom is 0.343 e. The first-order valence-corrected chi connectivity index (χ1v) is 8.36. The third-order valence-corrected chi connectivity index (χ3v) is 4.62. The highest BCUT2D eigenvalue weighted by Crippen LogP contribution is 2.35. The van der Waals surface area contributed by atoms with Crippen molar-refractivity contribution in [2.45, 2.75) is 12.8 Å². The number of piperidine rings is 1. The highest BCUT2D eigenvalue weighted by molar-refractivity contribution is 5.99. The number of methoxy groups -OCH3 is 2. The molecule has 26 heavy (non-hydrogen) atoms. The van der Waals surface area contributed by atoms with Crippen LogP contribution in [0.2, 0.25) is 0 Å². The van der Waals surface area contributed by atoms with Gasteiger partial charge < -0.3 is 24.0 Å². The lowest BCUT2D eigenvalue weighted by atomic mass is 9.97. The lowest BCUT2D eigenvalue weighted by Crippen LogP contribution is -2.36. The molecule has 0 aliphatic carbocycles. The van der Waals surface area contributed by atoms with Gasteiger partial charge in [0.2, 0.25) is 0 Å². The number of rotatable bonds is 6. The van der Waals surface area contributed by atoms with Gasteiger partial charge >= 0.3 is 5.97 Å². The molecule has 0 unspecified atom stereocenters. The van der Waals surface area contributed by atoms with Gasteiger partial charge in [0.05, 0.1) is 7.11 Å². The van der Waals surface area contributed by atoms with Gasteiger partial charge in [0.25, 0.3) is 0 Å². The van der Waals surface area contributed by atoms with Crippen LogP contribution in [0.4, 0.5) is 10.2 Å². The number of ether oxygens (including phenoxy) is 2.